The normalized spacial score (nSPS) is 18.9. The first-order valence-corrected chi connectivity index (χ1v) is 5.13. The third kappa shape index (κ3) is 1.59. The Morgan fingerprint density at radius 2 is 2.12 bits per heavy atom. The number of hydrogen-bond acceptors (Lipinski definition) is 3. The monoisotopic (exact) mass is 224 g/mol. The summed E-state index contributed by atoms with van der Waals surface area (Å²) < 4.78 is 18.1. The lowest BCUT2D eigenvalue weighted by Crippen LogP contribution is -2.35. The van der Waals surface area contributed by atoms with E-state index < -0.39 is 17.5 Å². The molecule has 16 heavy (non-hydrogen) atoms. The van der Waals surface area contributed by atoms with Gasteiger partial charge in [-0.05, 0) is 24.5 Å². The zero-order chi connectivity index (χ0) is 11.8. The lowest BCUT2D eigenvalue weighted by Gasteiger charge is -2.20. The van der Waals surface area contributed by atoms with Crippen LogP contribution in [0.25, 0.3) is 0 Å². The first-order valence-electron chi connectivity index (χ1n) is 5.13. The first-order chi connectivity index (χ1) is 7.62. The Balaban J connectivity index is 2.33. The molecule has 0 bridgehead atoms. The molecule has 1 aromatic carbocycles. The molecule has 0 spiro atoms. The smallest absolute Gasteiger partial charge is 0.335 e. The van der Waals surface area contributed by atoms with Gasteiger partial charge < -0.3 is 9.84 Å². The highest BCUT2D eigenvalue weighted by molar-refractivity contribution is 5.77. The van der Waals surface area contributed by atoms with Crippen molar-refractivity contribution in [2.24, 2.45) is 0 Å². The second-order valence-corrected chi connectivity index (χ2v) is 4.06. The van der Waals surface area contributed by atoms with Crippen molar-refractivity contribution in [1.29, 1.82) is 0 Å². The summed E-state index contributed by atoms with van der Waals surface area (Å²) in [5.74, 6) is -1.09. The first kappa shape index (κ1) is 11.1. The van der Waals surface area contributed by atoms with E-state index in [0.29, 0.717) is 18.4 Å². The predicted octanol–water partition coefficient (Wildman–Crippen LogP) is 1.39. The molecule has 1 aliphatic carbocycles. The molecule has 4 heteroatoms. The van der Waals surface area contributed by atoms with Crippen LogP contribution in [-0.2, 0) is 14.9 Å². The van der Waals surface area contributed by atoms with Gasteiger partial charge in [0.05, 0.1) is 7.11 Å². The highest BCUT2D eigenvalue weighted by Gasteiger charge is 2.55. The van der Waals surface area contributed by atoms with Crippen LogP contribution in [0.5, 0.6) is 0 Å². The van der Waals surface area contributed by atoms with Gasteiger partial charge in [-0.25, -0.2) is 9.18 Å². The molecule has 0 saturated heterocycles. The van der Waals surface area contributed by atoms with Crippen molar-refractivity contribution >= 4 is 5.97 Å². The Morgan fingerprint density at radius 1 is 1.50 bits per heavy atom. The van der Waals surface area contributed by atoms with Gasteiger partial charge in [0.1, 0.15) is 5.82 Å². The standard InChI is InChI=1S/C12H13FO3/c1-16-11(15)10(14)12(6-7-12)8-4-2-3-5-9(8)13/h2-5,10,14H,6-7H2,1H3. The number of methoxy groups -OCH3 is 1. The Labute approximate surface area is 92.9 Å². The number of hydrogen-bond donors (Lipinski definition) is 1. The summed E-state index contributed by atoms with van der Waals surface area (Å²) in [5.41, 5.74) is -0.383. The number of aliphatic hydroxyl groups excluding tert-OH is 1. The SMILES string of the molecule is COC(=O)C(O)C1(c2ccccc2F)CC1. The fourth-order valence-electron chi connectivity index (χ4n) is 2.03. The maximum absolute atomic E-state index is 13.6. The second-order valence-electron chi connectivity index (χ2n) is 4.06. The maximum atomic E-state index is 13.6. The minimum atomic E-state index is -1.28. The van der Waals surface area contributed by atoms with Crippen molar-refractivity contribution in [3.05, 3.63) is 35.6 Å². The van der Waals surface area contributed by atoms with Crippen molar-refractivity contribution in [2.45, 2.75) is 24.4 Å². The third-order valence-electron chi connectivity index (χ3n) is 3.15. The molecule has 0 amide bonds. The van der Waals surface area contributed by atoms with E-state index in [-0.39, 0.29) is 5.82 Å². The molecule has 2 rings (SSSR count). The topological polar surface area (TPSA) is 46.5 Å². The minimum absolute atomic E-state index is 0.386. The summed E-state index contributed by atoms with van der Waals surface area (Å²) in [4.78, 5) is 11.3. The summed E-state index contributed by atoms with van der Waals surface area (Å²) in [5, 5.41) is 9.84. The molecule has 1 atom stereocenters. The average Bonchev–Trinajstić information content (AvgIpc) is 3.09. The maximum Gasteiger partial charge on any atom is 0.335 e. The van der Waals surface area contributed by atoms with Crippen LogP contribution in [0, 0.1) is 5.82 Å². The van der Waals surface area contributed by atoms with Crippen LogP contribution < -0.4 is 0 Å². The van der Waals surface area contributed by atoms with Crippen molar-refractivity contribution < 1.29 is 19.0 Å². The fraction of sp³-hybridized carbons (Fsp3) is 0.417. The van der Waals surface area contributed by atoms with Gasteiger partial charge in [0, 0.05) is 5.41 Å². The van der Waals surface area contributed by atoms with E-state index in [1.807, 2.05) is 0 Å². The summed E-state index contributed by atoms with van der Waals surface area (Å²) in [6.45, 7) is 0. The number of carbonyl (C=O) groups excluding carboxylic acids is 1. The van der Waals surface area contributed by atoms with Crippen molar-refractivity contribution in [2.75, 3.05) is 7.11 Å². The molecular weight excluding hydrogens is 211 g/mol. The number of esters is 1. The summed E-state index contributed by atoms with van der Waals surface area (Å²) in [7, 11) is 1.21. The van der Waals surface area contributed by atoms with E-state index >= 15 is 0 Å². The van der Waals surface area contributed by atoms with Crippen LogP contribution in [0.2, 0.25) is 0 Å². The third-order valence-corrected chi connectivity index (χ3v) is 3.15. The van der Waals surface area contributed by atoms with E-state index in [4.69, 9.17) is 0 Å². The zero-order valence-corrected chi connectivity index (χ0v) is 8.94. The number of rotatable bonds is 3. The summed E-state index contributed by atoms with van der Waals surface area (Å²) in [6, 6.07) is 6.22. The van der Waals surface area contributed by atoms with Crippen LogP contribution in [0.15, 0.2) is 24.3 Å². The van der Waals surface area contributed by atoms with Crippen LogP contribution >= 0.6 is 0 Å². The van der Waals surface area contributed by atoms with Crippen molar-refractivity contribution in [3.8, 4) is 0 Å². The van der Waals surface area contributed by atoms with Gasteiger partial charge in [-0.3, -0.25) is 0 Å². The average molecular weight is 224 g/mol. The lowest BCUT2D eigenvalue weighted by atomic mass is 9.89. The Morgan fingerprint density at radius 3 is 2.62 bits per heavy atom. The van der Waals surface area contributed by atoms with Crippen LogP contribution in [-0.4, -0.2) is 24.3 Å². The summed E-state index contributed by atoms with van der Waals surface area (Å²) >= 11 is 0. The fourth-order valence-corrected chi connectivity index (χ4v) is 2.03. The Bertz CT molecular complexity index is 412. The van der Waals surface area contributed by atoms with Gasteiger partial charge in [0.15, 0.2) is 6.10 Å². The van der Waals surface area contributed by atoms with Gasteiger partial charge in [0.2, 0.25) is 0 Å². The number of halogens is 1. The lowest BCUT2D eigenvalue weighted by molar-refractivity contribution is -0.152. The van der Waals surface area contributed by atoms with Crippen LogP contribution in [0.1, 0.15) is 18.4 Å². The molecule has 3 nitrogen and oxygen atoms in total. The highest BCUT2D eigenvalue weighted by Crippen LogP contribution is 2.51. The molecule has 0 heterocycles. The van der Waals surface area contributed by atoms with E-state index in [1.165, 1.54) is 13.2 Å². The van der Waals surface area contributed by atoms with Gasteiger partial charge >= 0.3 is 5.97 Å². The van der Waals surface area contributed by atoms with Gasteiger partial charge in [-0.2, -0.15) is 0 Å². The Hall–Kier alpha value is -1.42. The molecule has 1 aromatic rings. The van der Waals surface area contributed by atoms with E-state index in [0.717, 1.165) is 0 Å². The molecule has 0 radical (unpaired) electrons. The molecule has 0 aliphatic heterocycles. The van der Waals surface area contributed by atoms with Crippen molar-refractivity contribution in [1.82, 2.24) is 0 Å². The van der Waals surface area contributed by atoms with Crippen LogP contribution in [0.3, 0.4) is 0 Å². The largest absolute Gasteiger partial charge is 0.467 e. The van der Waals surface area contributed by atoms with Gasteiger partial charge in [0.25, 0.3) is 0 Å². The molecule has 1 N–H and O–H groups in total. The number of aliphatic hydroxyl groups is 1. The number of ether oxygens (including phenoxy) is 1. The van der Waals surface area contributed by atoms with Crippen LogP contribution in [0.4, 0.5) is 4.39 Å². The minimum Gasteiger partial charge on any atom is -0.467 e. The van der Waals surface area contributed by atoms with E-state index in [2.05, 4.69) is 4.74 Å². The molecule has 1 saturated carbocycles. The molecule has 86 valence electrons. The van der Waals surface area contributed by atoms with Crippen molar-refractivity contribution in [3.63, 3.8) is 0 Å². The molecule has 1 unspecified atom stereocenters. The zero-order valence-electron chi connectivity index (χ0n) is 8.94. The summed E-state index contributed by atoms with van der Waals surface area (Å²) in [6.07, 6.45) is -0.0802. The van der Waals surface area contributed by atoms with E-state index in [1.54, 1.807) is 18.2 Å². The number of carbonyl (C=O) groups is 1. The van der Waals surface area contributed by atoms with Gasteiger partial charge in [-0.15, -0.1) is 0 Å². The number of benzene rings is 1. The molecular formula is C12H13FO3. The van der Waals surface area contributed by atoms with Gasteiger partial charge in [-0.1, -0.05) is 18.2 Å². The highest BCUT2D eigenvalue weighted by atomic mass is 19.1. The predicted molar refractivity (Wildman–Crippen MR) is 55.3 cm³/mol. The molecule has 1 fully saturated rings. The molecule has 0 aromatic heterocycles. The Kier molecular flexibility index (Phi) is 2.68. The quantitative estimate of drug-likeness (QED) is 0.789. The molecule has 1 aliphatic rings. The van der Waals surface area contributed by atoms with E-state index in [9.17, 15) is 14.3 Å². The second kappa shape index (κ2) is 3.87.